The molecule has 22 heavy (non-hydrogen) atoms. The molecule has 1 aliphatic rings. The van der Waals surface area contributed by atoms with Crippen LogP contribution in [0.2, 0.25) is 0 Å². The predicted octanol–water partition coefficient (Wildman–Crippen LogP) is 3.10. The zero-order chi connectivity index (χ0) is 15.8. The number of urea groups is 1. The summed E-state index contributed by atoms with van der Waals surface area (Å²) in [5.41, 5.74) is 1.29. The van der Waals surface area contributed by atoms with Crippen LogP contribution >= 0.6 is 11.3 Å². The first-order valence-corrected chi connectivity index (χ1v) is 9.35. The third kappa shape index (κ3) is 6.36. The van der Waals surface area contributed by atoms with E-state index < -0.39 is 0 Å². The first-order valence-electron chi connectivity index (χ1n) is 8.41. The van der Waals surface area contributed by atoms with Crippen molar-refractivity contribution in [3.8, 4) is 0 Å². The molecule has 0 spiro atoms. The maximum Gasteiger partial charge on any atom is 0.315 e. The molecule has 5 heteroatoms. The van der Waals surface area contributed by atoms with Crippen LogP contribution in [0.5, 0.6) is 0 Å². The van der Waals surface area contributed by atoms with Crippen molar-refractivity contribution in [2.75, 3.05) is 26.2 Å². The molecule has 4 nitrogen and oxygen atoms in total. The Labute approximate surface area is 138 Å². The Bertz CT molecular complexity index is 435. The van der Waals surface area contributed by atoms with Gasteiger partial charge in [0.15, 0.2) is 0 Å². The number of nitrogens with zero attached hydrogens (tertiary/aromatic N) is 1. The Morgan fingerprint density at radius 2 is 2.41 bits per heavy atom. The summed E-state index contributed by atoms with van der Waals surface area (Å²) in [4.78, 5) is 14.4. The van der Waals surface area contributed by atoms with Gasteiger partial charge in [-0.15, -0.1) is 0 Å². The lowest BCUT2D eigenvalue weighted by molar-refractivity contribution is 0.181. The molecule has 2 N–H and O–H groups in total. The highest BCUT2D eigenvalue weighted by molar-refractivity contribution is 7.07. The van der Waals surface area contributed by atoms with E-state index in [9.17, 15) is 4.79 Å². The molecule has 1 aromatic rings. The lowest BCUT2D eigenvalue weighted by atomic mass is 10.0. The maximum absolute atomic E-state index is 11.9. The molecule has 0 aromatic carbocycles. The zero-order valence-electron chi connectivity index (χ0n) is 13.8. The Morgan fingerprint density at radius 3 is 3.14 bits per heavy atom. The molecular weight excluding hydrogens is 294 g/mol. The number of rotatable bonds is 7. The lowest BCUT2D eigenvalue weighted by Gasteiger charge is -2.30. The van der Waals surface area contributed by atoms with Crippen LogP contribution in [0, 0.1) is 5.92 Å². The van der Waals surface area contributed by atoms with Crippen molar-refractivity contribution in [2.24, 2.45) is 5.92 Å². The molecule has 0 saturated carbocycles. The van der Waals surface area contributed by atoms with E-state index in [1.807, 2.05) is 6.92 Å². The fourth-order valence-corrected chi connectivity index (χ4v) is 3.76. The Hall–Kier alpha value is -1.07. The third-order valence-electron chi connectivity index (χ3n) is 4.18. The van der Waals surface area contributed by atoms with E-state index in [0.717, 1.165) is 31.8 Å². The Balaban J connectivity index is 1.53. The predicted molar refractivity (Wildman–Crippen MR) is 93.5 cm³/mol. The number of hydrogen-bond donors (Lipinski definition) is 2. The molecule has 2 amide bonds. The number of hydrogen-bond acceptors (Lipinski definition) is 3. The van der Waals surface area contributed by atoms with Gasteiger partial charge in [0.1, 0.15) is 0 Å². The molecule has 2 atom stereocenters. The SMILES string of the molecule is C[C@@H]1CCCN(CCCNC(=O)N[C@@H](C)Cc2ccsc2)C1. The van der Waals surface area contributed by atoms with Crippen molar-refractivity contribution in [1.82, 2.24) is 15.5 Å². The van der Waals surface area contributed by atoms with Crippen molar-refractivity contribution in [1.29, 1.82) is 0 Å². The molecule has 124 valence electrons. The van der Waals surface area contributed by atoms with Crippen LogP contribution < -0.4 is 10.6 Å². The van der Waals surface area contributed by atoms with Crippen LogP contribution in [-0.2, 0) is 6.42 Å². The van der Waals surface area contributed by atoms with E-state index >= 15 is 0 Å². The molecular formula is C17H29N3OS. The van der Waals surface area contributed by atoms with E-state index in [0.29, 0.717) is 0 Å². The smallest absolute Gasteiger partial charge is 0.315 e. The van der Waals surface area contributed by atoms with E-state index in [-0.39, 0.29) is 12.1 Å². The van der Waals surface area contributed by atoms with E-state index in [1.165, 1.54) is 31.5 Å². The number of thiophene rings is 1. The minimum atomic E-state index is -0.0465. The average Bonchev–Trinajstić information content (AvgIpc) is 2.96. The average molecular weight is 324 g/mol. The van der Waals surface area contributed by atoms with Gasteiger partial charge in [-0.05, 0) is 74.0 Å². The van der Waals surface area contributed by atoms with Crippen molar-refractivity contribution in [2.45, 2.75) is 45.6 Å². The molecule has 0 unspecified atom stereocenters. The highest BCUT2D eigenvalue weighted by Crippen LogP contribution is 2.15. The maximum atomic E-state index is 11.9. The van der Waals surface area contributed by atoms with Crippen molar-refractivity contribution in [3.63, 3.8) is 0 Å². The summed E-state index contributed by atoms with van der Waals surface area (Å²) in [6.07, 6.45) is 4.59. The first-order chi connectivity index (χ1) is 10.6. The number of piperidine rings is 1. The number of nitrogens with one attached hydrogen (secondary N) is 2. The van der Waals surface area contributed by atoms with Crippen molar-refractivity contribution < 1.29 is 4.79 Å². The highest BCUT2D eigenvalue weighted by Gasteiger charge is 2.15. The molecule has 0 aliphatic carbocycles. The molecule has 1 aliphatic heterocycles. The summed E-state index contributed by atoms with van der Waals surface area (Å²) in [6, 6.07) is 2.23. The number of carbonyl (C=O) groups excluding carboxylic acids is 1. The first kappa shape index (κ1) is 17.3. The van der Waals surface area contributed by atoms with Gasteiger partial charge in [0.25, 0.3) is 0 Å². The zero-order valence-corrected chi connectivity index (χ0v) is 14.6. The monoisotopic (exact) mass is 323 g/mol. The van der Waals surface area contributed by atoms with Gasteiger partial charge in [0.2, 0.25) is 0 Å². The van der Waals surface area contributed by atoms with Gasteiger partial charge >= 0.3 is 6.03 Å². The summed E-state index contributed by atoms with van der Waals surface area (Å²) < 4.78 is 0. The van der Waals surface area contributed by atoms with Crippen molar-refractivity contribution in [3.05, 3.63) is 22.4 Å². The normalized spacial score (nSPS) is 20.5. The molecule has 1 fully saturated rings. The summed E-state index contributed by atoms with van der Waals surface area (Å²) in [5.74, 6) is 0.822. The second kappa shape index (κ2) is 9.16. The van der Waals surface area contributed by atoms with Crippen LogP contribution in [0.25, 0.3) is 0 Å². The van der Waals surface area contributed by atoms with E-state index in [2.05, 4.69) is 39.3 Å². The van der Waals surface area contributed by atoms with E-state index in [4.69, 9.17) is 0 Å². The second-order valence-electron chi connectivity index (χ2n) is 6.54. The van der Waals surface area contributed by atoms with Crippen LogP contribution in [0.1, 0.15) is 38.7 Å². The summed E-state index contributed by atoms with van der Waals surface area (Å²) in [7, 11) is 0. The van der Waals surface area contributed by atoms with Gasteiger partial charge in [0, 0.05) is 19.1 Å². The number of amides is 2. The summed E-state index contributed by atoms with van der Waals surface area (Å²) in [6.45, 7) is 8.65. The van der Waals surface area contributed by atoms with Gasteiger partial charge in [-0.3, -0.25) is 0 Å². The van der Waals surface area contributed by atoms with Gasteiger partial charge in [-0.2, -0.15) is 11.3 Å². The van der Waals surface area contributed by atoms with Crippen LogP contribution in [0.15, 0.2) is 16.8 Å². The van der Waals surface area contributed by atoms with Crippen LogP contribution in [-0.4, -0.2) is 43.2 Å². The molecule has 1 saturated heterocycles. The van der Waals surface area contributed by atoms with Gasteiger partial charge in [0.05, 0.1) is 0 Å². The summed E-state index contributed by atoms with van der Waals surface area (Å²) in [5, 5.41) is 10.2. The lowest BCUT2D eigenvalue weighted by Crippen LogP contribution is -2.43. The topological polar surface area (TPSA) is 44.4 Å². The van der Waals surface area contributed by atoms with E-state index in [1.54, 1.807) is 11.3 Å². The fourth-order valence-electron chi connectivity index (χ4n) is 3.08. The third-order valence-corrected chi connectivity index (χ3v) is 4.91. The van der Waals surface area contributed by atoms with Crippen molar-refractivity contribution >= 4 is 17.4 Å². The number of likely N-dealkylation sites (tertiary alicyclic amines) is 1. The molecule has 1 aromatic heterocycles. The van der Waals surface area contributed by atoms with Crippen LogP contribution in [0.4, 0.5) is 4.79 Å². The molecule has 2 rings (SSSR count). The van der Waals surface area contributed by atoms with Gasteiger partial charge < -0.3 is 15.5 Å². The minimum Gasteiger partial charge on any atom is -0.338 e. The molecule has 2 heterocycles. The van der Waals surface area contributed by atoms with Gasteiger partial charge in [-0.25, -0.2) is 4.79 Å². The summed E-state index contributed by atoms with van der Waals surface area (Å²) >= 11 is 1.70. The fraction of sp³-hybridized carbons (Fsp3) is 0.706. The molecule has 0 bridgehead atoms. The second-order valence-corrected chi connectivity index (χ2v) is 7.32. The highest BCUT2D eigenvalue weighted by atomic mass is 32.1. The number of carbonyl (C=O) groups is 1. The van der Waals surface area contributed by atoms with Gasteiger partial charge in [-0.1, -0.05) is 6.92 Å². The quantitative estimate of drug-likeness (QED) is 0.757. The Kier molecular flexibility index (Phi) is 7.19. The Morgan fingerprint density at radius 1 is 1.55 bits per heavy atom. The largest absolute Gasteiger partial charge is 0.338 e. The molecule has 0 radical (unpaired) electrons. The van der Waals surface area contributed by atoms with Crippen LogP contribution in [0.3, 0.4) is 0 Å². The standard InChI is InChI=1S/C17H29N3OS/c1-14-5-3-8-20(12-14)9-4-7-18-17(21)19-15(2)11-16-6-10-22-13-16/h6,10,13-15H,3-5,7-9,11-12H2,1-2H3,(H2,18,19,21)/t14-,15+/m1/s1. The minimum absolute atomic E-state index is 0.0465.